The van der Waals surface area contributed by atoms with Crippen molar-refractivity contribution in [1.29, 1.82) is 0 Å². The van der Waals surface area contributed by atoms with Crippen LogP contribution < -0.4 is 5.32 Å². The monoisotopic (exact) mass is 277 g/mol. The number of carboxylic acid groups (broad SMARTS) is 1. The fraction of sp³-hybridized carbons (Fsp3) is 0.222. The number of carbonyl (C=O) groups is 1. The van der Waals surface area contributed by atoms with E-state index < -0.39 is 5.97 Å². The number of anilines is 1. The molecular weight excluding hydrogens is 269 g/mol. The van der Waals surface area contributed by atoms with Crippen LogP contribution in [0.1, 0.15) is 17.3 Å². The molecule has 3 nitrogen and oxygen atoms in total. The number of rotatable bonds is 3. The molecule has 14 heavy (non-hydrogen) atoms. The summed E-state index contributed by atoms with van der Waals surface area (Å²) in [5.74, 6) is -0.996. The van der Waals surface area contributed by atoms with E-state index in [9.17, 15) is 4.79 Å². The van der Waals surface area contributed by atoms with Gasteiger partial charge in [-0.2, -0.15) is 0 Å². The van der Waals surface area contributed by atoms with Crippen molar-refractivity contribution in [2.75, 3.05) is 11.9 Å². The molecule has 0 unspecified atom stereocenters. The molecule has 0 atom stereocenters. The molecule has 0 saturated heterocycles. The lowest BCUT2D eigenvalue weighted by Gasteiger charge is -2.10. The first-order valence-corrected chi connectivity index (χ1v) is 5.19. The minimum absolute atomic E-state index is 0.172. The molecule has 76 valence electrons. The highest BCUT2D eigenvalue weighted by molar-refractivity contribution is 9.10. The van der Waals surface area contributed by atoms with Gasteiger partial charge in [-0.3, -0.25) is 0 Å². The van der Waals surface area contributed by atoms with Crippen molar-refractivity contribution in [3.8, 4) is 0 Å². The molecule has 0 aromatic heterocycles. The Balaban J connectivity index is 3.28. The molecular formula is C9H9BrClNO2. The first kappa shape index (κ1) is 11.3. The van der Waals surface area contributed by atoms with E-state index in [0.29, 0.717) is 21.7 Å². The normalized spacial score (nSPS) is 9.93. The Morgan fingerprint density at radius 1 is 1.64 bits per heavy atom. The summed E-state index contributed by atoms with van der Waals surface area (Å²) >= 11 is 9.09. The van der Waals surface area contributed by atoms with Crippen LogP contribution in [0.5, 0.6) is 0 Å². The summed E-state index contributed by atoms with van der Waals surface area (Å²) in [4.78, 5) is 10.9. The van der Waals surface area contributed by atoms with Crippen LogP contribution in [0.3, 0.4) is 0 Å². The molecule has 0 heterocycles. The molecule has 2 N–H and O–H groups in total. The van der Waals surface area contributed by atoms with Gasteiger partial charge in [0.1, 0.15) is 0 Å². The number of hydrogen-bond donors (Lipinski definition) is 2. The Morgan fingerprint density at radius 3 is 2.79 bits per heavy atom. The lowest BCUT2D eigenvalue weighted by molar-refractivity contribution is 0.0698. The highest BCUT2D eigenvalue weighted by atomic mass is 79.9. The second-order valence-corrected chi connectivity index (χ2v) is 3.97. The number of hydrogen-bond acceptors (Lipinski definition) is 2. The summed E-state index contributed by atoms with van der Waals surface area (Å²) < 4.78 is 0.654. The summed E-state index contributed by atoms with van der Waals surface area (Å²) in [6.45, 7) is 2.51. The molecule has 0 aliphatic rings. The second-order valence-electron chi connectivity index (χ2n) is 2.65. The zero-order valence-electron chi connectivity index (χ0n) is 7.47. The Bertz CT molecular complexity index is 368. The van der Waals surface area contributed by atoms with Gasteiger partial charge >= 0.3 is 5.97 Å². The van der Waals surface area contributed by atoms with Gasteiger partial charge in [0.25, 0.3) is 0 Å². The molecule has 1 aromatic carbocycles. The standard InChI is InChI=1S/C9H9BrClNO2/c1-2-12-8-6(9(13)14)3-5(10)4-7(8)11/h3-4,12H,2H2,1H3,(H,13,14). The van der Waals surface area contributed by atoms with Gasteiger partial charge in [-0.1, -0.05) is 27.5 Å². The third kappa shape index (κ3) is 2.39. The first-order valence-electron chi connectivity index (χ1n) is 4.02. The van der Waals surface area contributed by atoms with Crippen LogP contribution in [0.2, 0.25) is 5.02 Å². The Morgan fingerprint density at radius 2 is 2.29 bits per heavy atom. The maximum Gasteiger partial charge on any atom is 0.337 e. The SMILES string of the molecule is CCNc1c(Cl)cc(Br)cc1C(=O)O. The second kappa shape index (κ2) is 4.66. The third-order valence-corrected chi connectivity index (χ3v) is 2.39. The summed E-state index contributed by atoms with van der Waals surface area (Å²) in [7, 11) is 0. The van der Waals surface area contributed by atoms with Gasteiger partial charge < -0.3 is 10.4 Å². The average molecular weight is 279 g/mol. The lowest BCUT2D eigenvalue weighted by atomic mass is 10.2. The van der Waals surface area contributed by atoms with Gasteiger partial charge in [0.05, 0.1) is 16.3 Å². The molecule has 0 aliphatic carbocycles. The highest BCUT2D eigenvalue weighted by Crippen LogP contribution is 2.30. The molecule has 5 heteroatoms. The molecule has 0 spiro atoms. The van der Waals surface area contributed by atoms with E-state index >= 15 is 0 Å². The summed E-state index contributed by atoms with van der Waals surface area (Å²) in [6.07, 6.45) is 0. The van der Waals surface area contributed by atoms with Gasteiger partial charge in [0.15, 0.2) is 0 Å². The molecule has 0 amide bonds. The van der Waals surface area contributed by atoms with Crippen molar-refractivity contribution in [2.45, 2.75) is 6.92 Å². The van der Waals surface area contributed by atoms with Crippen molar-refractivity contribution < 1.29 is 9.90 Å². The summed E-state index contributed by atoms with van der Waals surface area (Å²) in [5, 5.41) is 12.2. The third-order valence-electron chi connectivity index (χ3n) is 1.64. The van der Waals surface area contributed by atoms with Crippen molar-refractivity contribution in [3.05, 3.63) is 27.2 Å². The van der Waals surface area contributed by atoms with Gasteiger partial charge in [-0.25, -0.2) is 4.79 Å². The number of carboxylic acids is 1. The highest BCUT2D eigenvalue weighted by Gasteiger charge is 2.13. The largest absolute Gasteiger partial charge is 0.478 e. The molecule has 0 fully saturated rings. The Kier molecular flexibility index (Phi) is 3.77. The van der Waals surface area contributed by atoms with Gasteiger partial charge in [0.2, 0.25) is 0 Å². The zero-order chi connectivity index (χ0) is 10.7. The molecule has 1 aromatic rings. The quantitative estimate of drug-likeness (QED) is 0.892. The molecule has 0 aliphatic heterocycles. The fourth-order valence-corrected chi connectivity index (χ4v) is 1.97. The van der Waals surface area contributed by atoms with E-state index in [0.717, 1.165) is 0 Å². The van der Waals surface area contributed by atoms with Gasteiger partial charge in [-0.15, -0.1) is 0 Å². The summed E-state index contributed by atoms with van der Waals surface area (Å²) in [5.41, 5.74) is 0.635. The number of halogens is 2. The number of aromatic carboxylic acids is 1. The Labute approximate surface area is 95.2 Å². The van der Waals surface area contributed by atoms with E-state index in [1.807, 2.05) is 6.92 Å². The molecule has 0 bridgehead atoms. The van der Waals surface area contributed by atoms with E-state index in [1.165, 1.54) is 6.07 Å². The van der Waals surface area contributed by atoms with E-state index in [-0.39, 0.29) is 5.56 Å². The number of benzene rings is 1. The van der Waals surface area contributed by atoms with Crippen molar-refractivity contribution >= 4 is 39.2 Å². The van der Waals surface area contributed by atoms with E-state index in [2.05, 4.69) is 21.2 Å². The predicted molar refractivity (Wildman–Crippen MR) is 60.3 cm³/mol. The average Bonchev–Trinajstić information content (AvgIpc) is 2.09. The van der Waals surface area contributed by atoms with Crippen LogP contribution in [-0.2, 0) is 0 Å². The Hall–Kier alpha value is -0.740. The van der Waals surface area contributed by atoms with Crippen molar-refractivity contribution in [1.82, 2.24) is 0 Å². The number of nitrogens with one attached hydrogen (secondary N) is 1. The lowest BCUT2D eigenvalue weighted by Crippen LogP contribution is -2.06. The zero-order valence-corrected chi connectivity index (χ0v) is 9.82. The predicted octanol–water partition coefficient (Wildman–Crippen LogP) is 3.23. The topological polar surface area (TPSA) is 49.3 Å². The van der Waals surface area contributed by atoms with Crippen LogP contribution in [0.25, 0.3) is 0 Å². The van der Waals surface area contributed by atoms with Gasteiger partial charge in [0, 0.05) is 11.0 Å². The first-order chi connectivity index (χ1) is 6.56. The molecule has 0 saturated carbocycles. The maximum atomic E-state index is 10.9. The van der Waals surface area contributed by atoms with Crippen molar-refractivity contribution in [3.63, 3.8) is 0 Å². The molecule has 0 radical (unpaired) electrons. The van der Waals surface area contributed by atoms with Crippen molar-refractivity contribution in [2.24, 2.45) is 0 Å². The van der Waals surface area contributed by atoms with Crippen LogP contribution in [0.15, 0.2) is 16.6 Å². The minimum Gasteiger partial charge on any atom is -0.478 e. The smallest absolute Gasteiger partial charge is 0.337 e. The van der Waals surface area contributed by atoms with E-state index in [1.54, 1.807) is 6.07 Å². The van der Waals surface area contributed by atoms with Crippen LogP contribution >= 0.6 is 27.5 Å². The summed E-state index contributed by atoms with van der Waals surface area (Å²) in [6, 6.07) is 3.18. The van der Waals surface area contributed by atoms with Crippen LogP contribution in [0, 0.1) is 0 Å². The van der Waals surface area contributed by atoms with Crippen LogP contribution in [0.4, 0.5) is 5.69 Å². The maximum absolute atomic E-state index is 10.9. The van der Waals surface area contributed by atoms with Gasteiger partial charge in [-0.05, 0) is 19.1 Å². The van der Waals surface area contributed by atoms with E-state index in [4.69, 9.17) is 16.7 Å². The molecule has 1 rings (SSSR count). The fourth-order valence-electron chi connectivity index (χ4n) is 1.10. The minimum atomic E-state index is -0.996. The van der Waals surface area contributed by atoms with Crippen LogP contribution in [-0.4, -0.2) is 17.6 Å².